The van der Waals surface area contributed by atoms with Gasteiger partial charge in [0.25, 0.3) is 0 Å². The fraction of sp³-hybridized carbons (Fsp3) is 0.917. The Bertz CT molecular complexity index is 597. The van der Waals surface area contributed by atoms with E-state index in [1.165, 1.54) is 75.7 Å². The molecule has 1 heterocycles. The van der Waals surface area contributed by atoms with E-state index in [0.29, 0.717) is 21.3 Å². The van der Waals surface area contributed by atoms with Gasteiger partial charge in [0, 0.05) is 0 Å². The van der Waals surface area contributed by atoms with Crippen LogP contribution in [0.4, 0.5) is 0 Å². The maximum atomic E-state index is 11.4. The summed E-state index contributed by atoms with van der Waals surface area (Å²) in [5, 5.41) is 11.4. The van der Waals surface area contributed by atoms with Crippen LogP contribution in [0.2, 0.25) is 0 Å². The molecule has 0 amide bonds. The van der Waals surface area contributed by atoms with Crippen molar-refractivity contribution < 1.29 is 5.11 Å². The lowest BCUT2D eigenvalue weighted by Crippen LogP contribution is -2.51. The van der Waals surface area contributed by atoms with Gasteiger partial charge in [0.05, 0.1) is 10.7 Å². The lowest BCUT2D eigenvalue weighted by molar-refractivity contribution is -0.0624. The van der Waals surface area contributed by atoms with Crippen LogP contribution in [0.5, 0.6) is 0 Å². The molecule has 0 aromatic carbocycles. The van der Waals surface area contributed by atoms with Gasteiger partial charge >= 0.3 is 0 Å². The van der Waals surface area contributed by atoms with Crippen LogP contribution in [0, 0.1) is 34.5 Å². The van der Waals surface area contributed by atoms with Crippen molar-refractivity contribution in [1.82, 2.24) is 0 Å². The molecule has 1 aliphatic heterocycles. The van der Waals surface area contributed by atoms with Gasteiger partial charge in [-0.05, 0) is 104 Å². The second-order valence-electron chi connectivity index (χ2n) is 10.6. The van der Waals surface area contributed by atoms with E-state index in [2.05, 4.69) is 19.9 Å². The predicted octanol–water partition coefficient (Wildman–Crippen LogP) is 6.51. The second kappa shape index (κ2) is 7.27. The molecule has 5 aliphatic rings. The third kappa shape index (κ3) is 3.00. The minimum atomic E-state index is -0.0909. The summed E-state index contributed by atoms with van der Waals surface area (Å²) in [6.07, 6.45) is 16.4. The van der Waals surface area contributed by atoms with Crippen molar-refractivity contribution in [1.29, 1.82) is 0 Å². The van der Waals surface area contributed by atoms with Gasteiger partial charge in [-0.25, -0.2) is 0 Å². The van der Waals surface area contributed by atoms with Gasteiger partial charge < -0.3 is 5.11 Å². The Hall–Kier alpha value is 0.400. The summed E-state index contributed by atoms with van der Waals surface area (Å²) in [6, 6.07) is 0. The summed E-state index contributed by atoms with van der Waals surface area (Å²) in [6.45, 7) is 5.20. The third-order valence-electron chi connectivity index (χ3n) is 9.64. The molecule has 1 nitrogen and oxygen atoms in total. The average Bonchev–Trinajstić information content (AvgIpc) is 3.05. The zero-order valence-corrected chi connectivity index (χ0v) is 18.9. The number of aliphatic hydroxyl groups excluding tert-OH is 1. The summed E-state index contributed by atoms with van der Waals surface area (Å²) in [4.78, 5) is 0. The van der Waals surface area contributed by atoms with E-state index in [1.54, 1.807) is 0 Å². The lowest BCUT2D eigenvalue weighted by atomic mass is 9.47. The van der Waals surface area contributed by atoms with Crippen LogP contribution < -0.4 is 0 Å². The van der Waals surface area contributed by atoms with E-state index in [4.69, 9.17) is 0 Å². The molecular weight excluding hydrogens is 368 g/mol. The smallest absolute Gasteiger partial charge is 0.0783 e. The van der Waals surface area contributed by atoms with E-state index in [9.17, 15) is 5.11 Å². The highest BCUT2D eigenvalue weighted by molar-refractivity contribution is 8.17. The molecule has 5 rings (SSSR count). The lowest BCUT2D eigenvalue weighted by Gasteiger charge is -2.58. The minimum absolute atomic E-state index is 0.0909. The molecule has 1 saturated heterocycles. The molecule has 0 aromatic heterocycles. The highest BCUT2D eigenvalue weighted by Crippen LogP contribution is 2.67. The van der Waals surface area contributed by atoms with Crippen molar-refractivity contribution in [2.75, 3.05) is 11.5 Å². The Balaban J connectivity index is 1.38. The number of hydrogen-bond donors (Lipinski definition) is 1. The van der Waals surface area contributed by atoms with Gasteiger partial charge in [0.1, 0.15) is 0 Å². The van der Waals surface area contributed by atoms with Gasteiger partial charge in [-0.1, -0.05) is 31.9 Å². The van der Waals surface area contributed by atoms with Crippen LogP contribution >= 0.6 is 23.5 Å². The topological polar surface area (TPSA) is 20.2 Å². The first-order valence-corrected chi connectivity index (χ1v) is 13.7. The van der Waals surface area contributed by atoms with Crippen LogP contribution in [-0.4, -0.2) is 27.3 Å². The van der Waals surface area contributed by atoms with Crippen molar-refractivity contribution >= 4 is 23.5 Å². The molecule has 27 heavy (non-hydrogen) atoms. The number of thioether (sulfide) groups is 2. The average molecular weight is 407 g/mol. The quantitative estimate of drug-likeness (QED) is 0.528. The maximum Gasteiger partial charge on any atom is 0.0783 e. The normalized spacial score (nSPS) is 48.9. The molecule has 3 heteroatoms. The van der Waals surface area contributed by atoms with Gasteiger partial charge in [-0.15, -0.1) is 23.5 Å². The van der Waals surface area contributed by atoms with Gasteiger partial charge in [0.2, 0.25) is 0 Å². The SMILES string of the molecule is CC12CCCCC1=CCC1C2CCC2(C)C(C(O)C3SCCCS3)CCC12. The molecule has 4 aliphatic carbocycles. The molecule has 1 N–H and O–H groups in total. The van der Waals surface area contributed by atoms with E-state index < -0.39 is 0 Å². The fourth-order valence-electron chi connectivity index (χ4n) is 8.19. The number of fused-ring (bicyclic) bond motifs is 5. The monoisotopic (exact) mass is 406 g/mol. The van der Waals surface area contributed by atoms with E-state index in [-0.39, 0.29) is 6.10 Å². The highest BCUT2D eigenvalue weighted by Gasteiger charge is 2.59. The van der Waals surface area contributed by atoms with Gasteiger partial charge in [0.15, 0.2) is 0 Å². The molecule has 152 valence electrons. The van der Waals surface area contributed by atoms with Gasteiger partial charge in [-0.2, -0.15) is 0 Å². The summed E-state index contributed by atoms with van der Waals surface area (Å²) in [7, 11) is 0. The molecule has 0 aromatic rings. The molecule has 4 fully saturated rings. The van der Waals surface area contributed by atoms with Crippen LogP contribution in [-0.2, 0) is 0 Å². The fourth-order valence-corrected chi connectivity index (χ4v) is 11.2. The van der Waals surface area contributed by atoms with E-state index in [1.807, 2.05) is 29.1 Å². The zero-order chi connectivity index (χ0) is 18.6. The number of aliphatic hydroxyl groups is 1. The zero-order valence-electron chi connectivity index (χ0n) is 17.3. The predicted molar refractivity (Wildman–Crippen MR) is 119 cm³/mol. The number of hydrogen-bond acceptors (Lipinski definition) is 3. The Kier molecular flexibility index (Phi) is 5.22. The Labute approximate surface area is 174 Å². The van der Waals surface area contributed by atoms with E-state index >= 15 is 0 Å². The van der Waals surface area contributed by atoms with Crippen LogP contribution in [0.1, 0.15) is 78.1 Å². The Morgan fingerprint density at radius 1 is 1.00 bits per heavy atom. The third-order valence-corrected chi connectivity index (χ3v) is 12.7. The molecule has 0 bridgehead atoms. The minimum Gasteiger partial charge on any atom is -0.391 e. The summed E-state index contributed by atoms with van der Waals surface area (Å²) in [5.74, 6) is 5.70. The Morgan fingerprint density at radius 3 is 2.63 bits per heavy atom. The van der Waals surface area contributed by atoms with Gasteiger partial charge in [-0.3, -0.25) is 0 Å². The van der Waals surface area contributed by atoms with Crippen LogP contribution in [0.3, 0.4) is 0 Å². The highest BCUT2D eigenvalue weighted by atomic mass is 32.2. The molecule has 7 unspecified atom stereocenters. The summed E-state index contributed by atoms with van der Waals surface area (Å²) < 4.78 is 0.436. The Morgan fingerprint density at radius 2 is 1.81 bits per heavy atom. The second-order valence-corrected chi connectivity index (χ2v) is 13.4. The number of rotatable bonds is 2. The maximum absolute atomic E-state index is 11.4. The first-order valence-electron chi connectivity index (χ1n) is 11.6. The standard InChI is InChI=1S/C24H38OS2/c1-23-12-4-3-6-16(23)7-8-17-18-9-10-20(24(18,2)13-11-19(17)23)21(25)22-26-14-5-15-27-22/h7,17-22,25H,3-6,8-15H2,1-2H3. The summed E-state index contributed by atoms with van der Waals surface area (Å²) in [5.41, 5.74) is 2.72. The van der Waals surface area contributed by atoms with Crippen molar-refractivity contribution in [3.63, 3.8) is 0 Å². The molecule has 3 saturated carbocycles. The first-order chi connectivity index (χ1) is 13.0. The molecule has 7 atom stereocenters. The van der Waals surface area contributed by atoms with E-state index in [0.717, 1.165) is 17.8 Å². The molecule has 0 spiro atoms. The van der Waals surface area contributed by atoms with Crippen molar-refractivity contribution in [3.05, 3.63) is 11.6 Å². The number of allylic oxidation sites excluding steroid dienone is 2. The van der Waals surface area contributed by atoms with Crippen molar-refractivity contribution in [2.24, 2.45) is 34.5 Å². The molecule has 0 radical (unpaired) electrons. The van der Waals surface area contributed by atoms with Crippen molar-refractivity contribution in [3.8, 4) is 0 Å². The largest absolute Gasteiger partial charge is 0.391 e. The summed E-state index contributed by atoms with van der Waals surface area (Å²) >= 11 is 4.07. The first kappa shape index (κ1) is 19.4. The van der Waals surface area contributed by atoms with Crippen molar-refractivity contribution in [2.45, 2.75) is 88.7 Å². The molecular formula is C24H38OS2. The van der Waals surface area contributed by atoms with Crippen LogP contribution in [0.15, 0.2) is 11.6 Å². The van der Waals surface area contributed by atoms with Crippen LogP contribution in [0.25, 0.3) is 0 Å².